The van der Waals surface area contributed by atoms with Crippen LogP contribution >= 0.6 is 12.4 Å². The molecule has 8 heteroatoms. The molecule has 0 N–H and O–H groups in total. The Morgan fingerprint density at radius 1 is 1.32 bits per heavy atom. The van der Waals surface area contributed by atoms with Gasteiger partial charge in [0.05, 0.1) is 12.2 Å². The summed E-state index contributed by atoms with van der Waals surface area (Å²) < 4.78 is 10.4. The molecular formula is C14H16Cl2O5Ru. The van der Waals surface area contributed by atoms with Crippen molar-refractivity contribution >= 4 is 30.1 Å². The monoisotopic (exact) mass is 436 g/mol. The summed E-state index contributed by atoms with van der Waals surface area (Å²) in [7, 11) is 0. The molecule has 124 valence electrons. The van der Waals surface area contributed by atoms with Crippen molar-refractivity contribution in [2.45, 2.75) is 32.8 Å². The molecule has 1 aliphatic rings. The second-order valence-corrected chi connectivity index (χ2v) is 4.21. The molecule has 0 aromatic carbocycles. The fraction of sp³-hybridized carbons (Fsp3) is 0.357. The molecule has 0 atom stereocenters. The Bertz CT molecular complexity index is 495. The number of aliphatic carboxylic acids is 1. The summed E-state index contributed by atoms with van der Waals surface area (Å²) >= 11 is 0. The third-order valence-corrected chi connectivity index (χ3v) is 2.11. The van der Waals surface area contributed by atoms with E-state index in [-0.39, 0.29) is 69.0 Å². The molecule has 0 heterocycles. The van der Waals surface area contributed by atoms with Crippen LogP contribution in [0.2, 0.25) is 0 Å². The maximum absolute atomic E-state index is 11.3. The van der Waals surface area contributed by atoms with Gasteiger partial charge in [0.25, 0.3) is 6.10 Å². The van der Waals surface area contributed by atoms with Crippen LogP contribution in [0.15, 0.2) is 29.6 Å². The molecular weight excluding hydrogens is 420 g/mol. The first-order valence-electron chi connectivity index (χ1n) is 5.85. The number of carbonyl (C=O) groups is 2. The quantitative estimate of drug-likeness (QED) is 0.161. The molecule has 0 fully saturated rings. The van der Waals surface area contributed by atoms with Crippen LogP contribution in [0.4, 0.5) is 0 Å². The van der Waals surface area contributed by atoms with Crippen LogP contribution in [0.5, 0.6) is 0 Å². The van der Waals surface area contributed by atoms with E-state index in [2.05, 4.69) is 0 Å². The summed E-state index contributed by atoms with van der Waals surface area (Å²) in [6.45, 7) is 9.48. The van der Waals surface area contributed by atoms with Gasteiger partial charge in [0.2, 0.25) is 5.78 Å². The fourth-order valence-electron chi connectivity index (χ4n) is 1.34. The summed E-state index contributed by atoms with van der Waals surface area (Å²) in [6, 6.07) is 0. The third-order valence-electron chi connectivity index (χ3n) is 2.11. The first-order valence-corrected chi connectivity index (χ1v) is 5.85. The van der Waals surface area contributed by atoms with Crippen LogP contribution in [0, 0.1) is 6.58 Å². The van der Waals surface area contributed by atoms with Gasteiger partial charge in [-0.2, -0.15) is 0 Å². The van der Waals surface area contributed by atoms with Crippen LogP contribution in [0.3, 0.4) is 0 Å². The zero-order valence-corrected chi connectivity index (χ0v) is 15.3. The first kappa shape index (κ1) is 26.0. The molecule has 0 aromatic heterocycles. The van der Waals surface area contributed by atoms with E-state index in [1.807, 2.05) is 13.8 Å². The van der Waals surface area contributed by atoms with Crippen molar-refractivity contribution < 1.29 is 55.7 Å². The van der Waals surface area contributed by atoms with E-state index < -0.39 is 11.9 Å². The van der Waals surface area contributed by atoms with Crippen LogP contribution < -0.4 is 17.5 Å². The SMILES string of the molecule is Cl.[CH-]=C1C=C(OC(=O)CCC(=O)[O-])C=CC1=[O+]C(C)C.[Cl-].[Ru+2]. The van der Waals surface area contributed by atoms with Gasteiger partial charge in [-0.1, -0.05) is 5.57 Å². The molecule has 0 unspecified atom stereocenters. The molecule has 0 amide bonds. The van der Waals surface area contributed by atoms with Crippen LogP contribution in [-0.4, -0.2) is 23.8 Å². The molecule has 0 saturated heterocycles. The topological polar surface area (TPSA) is 77.7 Å². The van der Waals surface area contributed by atoms with Crippen molar-refractivity contribution in [1.82, 2.24) is 0 Å². The maximum atomic E-state index is 11.3. The fourth-order valence-corrected chi connectivity index (χ4v) is 1.34. The number of hydrogen-bond donors (Lipinski definition) is 0. The smallest absolute Gasteiger partial charge is 1.00 e. The van der Waals surface area contributed by atoms with Crippen molar-refractivity contribution in [3.8, 4) is 0 Å². The van der Waals surface area contributed by atoms with Gasteiger partial charge in [-0.15, -0.1) is 18.5 Å². The Morgan fingerprint density at radius 3 is 2.36 bits per heavy atom. The molecule has 0 spiro atoms. The minimum Gasteiger partial charge on any atom is -1.00 e. The van der Waals surface area contributed by atoms with E-state index in [4.69, 9.17) is 15.7 Å². The predicted octanol–water partition coefficient (Wildman–Crippen LogP) is -2.19. The number of carboxylic acids is 1. The summed E-state index contributed by atoms with van der Waals surface area (Å²) in [6.07, 6.45) is 3.95. The minimum atomic E-state index is -1.29. The minimum absolute atomic E-state index is 0. The number of hydrogen-bond acceptors (Lipinski definition) is 4. The summed E-state index contributed by atoms with van der Waals surface area (Å²) in [5.41, 5.74) is 0.346. The third kappa shape index (κ3) is 9.88. The van der Waals surface area contributed by atoms with E-state index in [1.54, 1.807) is 6.08 Å². The van der Waals surface area contributed by atoms with Gasteiger partial charge in [-0.3, -0.25) is 4.79 Å². The maximum Gasteiger partial charge on any atom is 2.00 e. The number of ether oxygens (including phenoxy) is 1. The van der Waals surface area contributed by atoms with E-state index in [1.165, 1.54) is 12.2 Å². The zero-order chi connectivity index (χ0) is 14.4. The molecule has 0 radical (unpaired) electrons. The van der Waals surface area contributed by atoms with Crippen LogP contribution in [0.25, 0.3) is 0 Å². The van der Waals surface area contributed by atoms with Crippen molar-refractivity contribution in [3.05, 3.63) is 36.1 Å². The average Bonchev–Trinajstić information content (AvgIpc) is 2.29. The number of carbonyl (C=O) groups excluding carboxylic acids is 3. The van der Waals surface area contributed by atoms with E-state index in [0.29, 0.717) is 11.4 Å². The molecule has 0 aromatic rings. The van der Waals surface area contributed by atoms with Gasteiger partial charge in [-0.25, -0.2) is 6.58 Å². The molecule has 0 bridgehead atoms. The molecule has 5 nitrogen and oxygen atoms in total. The molecule has 22 heavy (non-hydrogen) atoms. The normalized spacial score (nSPS) is 14.4. The van der Waals surface area contributed by atoms with Crippen molar-refractivity contribution in [3.63, 3.8) is 0 Å². The average molecular weight is 436 g/mol. The van der Waals surface area contributed by atoms with Crippen molar-refractivity contribution in [1.29, 1.82) is 0 Å². The number of allylic oxidation sites excluding steroid dienone is 4. The van der Waals surface area contributed by atoms with Gasteiger partial charge in [0.15, 0.2) is 0 Å². The van der Waals surface area contributed by atoms with Gasteiger partial charge >= 0.3 is 25.4 Å². The molecule has 1 rings (SSSR count). The van der Waals surface area contributed by atoms with Gasteiger partial charge in [0.1, 0.15) is 0 Å². The standard InChI is InChI=1S/C14H16O5.2ClH.Ru/c1-9(2)18-12-5-4-11(8-10(12)3)19-14(17)7-6-13(15)16;;;/h3-5,8-9H,6-7H2,1-2H3,(H,15,16);2*1H;/q;;;+2/p-2. The van der Waals surface area contributed by atoms with Gasteiger partial charge in [-0.05, 0) is 18.6 Å². The summed E-state index contributed by atoms with van der Waals surface area (Å²) in [5, 5.41) is 10.2. The summed E-state index contributed by atoms with van der Waals surface area (Å²) in [5.74, 6) is -1.19. The Kier molecular flexibility index (Phi) is 14.8. The number of carboxylic acid groups (broad SMARTS) is 1. The Balaban J connectivity index is -0.00000120. The largest absolute Gasteiger partial charge is 2.00 e. The van der Waals surface area contributed by atoms with E-state index in [0.717, 1.165) is 0 Å². The predicted molar refractivity (Wildman–Crippen MR) is 72.8 cm³/mol. The van der Waals surface area contributed by atoms with Crippen LogP contribution in [-0.2, 0) is 38.2 Å². The Morgan fingerprint density at radius 2 is 1.91 bits per heavy atom. The van der Waals surface area contributed by atoms with Crippen molar-refractivity contribution in [2.24, 2.45) is 0 Å². The van der Waals surface area contributed by atoms with Gasteiger partial charge < -0.3 is 31.5 Å². The molecule has 0 saturated carbocycles. The number of ketones is 1. The second kappa shape index (κ2) is 12.6. The molecule has 0 aliphatic heterocycles. The first-order chi connectivity index (χ1) is 8.88. The van der Waals surface area contributed by atoms with E-state index in [9.17, 15) is 14.7 Å². The number of rotatable bonds is 5. The second-order valence-electron chi connectivity index (χ2n) is 4.21. The molecule has 1 aliphatic carbocycles. The summed E-state index contributed by atoms with van der Waals surface area (Å²) in [4.78, 5) is 21.5. The Hall–Kier alpha value is -0.967. The number of esters is 1. The zero-order valence-electron chi connectivity index (χ0n) is 12.0. The van der Waals surface area contributed by atoms with Gasteiger partial charge in [0, 0.05) is 19.8 Å². The van der Waals surface area contributed by atoms with E-state index >= 15 is 0 Å². The Labute approximate surface area is 154 Å². The van der Waals surface area contributed by atoms with Crippen LogP contribution in [0.1, 0.15) is 26.7 Å². The van der Waals surface area contributed by atoms with Crippen molar-refractivity contribution in [2.75, 3.05) is 0 Å². The number of halogens is 2.